The molecule has 3 N–H and O–H groups in total. The van der Waals surface area contributed by atoms with Crippen LogP contribution >= 0.6 is 0 Å². The number of primary amides is 1. The lowest BCUT2D eigenvalue weighted by molar-refractivity contribution is -0.120. The minimum atomic E-state index is -0.864. The maximum atomic E-state index is 11.0. The summed E-state index contributed by atoms with van der Waals surface area (Å²) in [7, 11) is 1.69. The van der Waals surface area contributed by atoms with E-state index in [0.717, 1.165) is 0 Å². The molecule has 14 heavy (non-hydrogen) atoms. The zero-order chi connectivity index (χ0) is 11.1. The van der Waals surface area contributed by atoms with Crippen LogP contribution in [0.5, 0.6) is 0 Å². The van der Waals surface area contributed by atoms with E-state index in [-0.39, 0.29) is 12.5 Å². The molecule has 0 aromatic heterocycles. The molecule has 0 aromatic rings. The first-order chi connectivity index (χ1) is 6.45. The van der Waals surface area contributed by atoms with Crippen LogP contribution in [0.15, 0.2) is 0 Å². The van der Waals surface area contributed by atoms with Crippen molar-refractivity contribution in [2.24, 2.45) is 11.7 Å². The number of urea groups is 1. The highest BCUT2D eigenvalue weighted by molar-refractivity contribution is 5.94. The van der Waals surface area contributed by atoms with Crippen LogP contribution in [-0.4, -0.2) is 37.0 Å². The number of nitrogens with two attached hydrogens (primary N) is 1. The first-order valence-corrected chi connectivity index (χ1v) is 4.13. The second-order valence-corrected chi connectivity index (χ2v) is 3.14. The van der Waals surface area contributed by atoms with Crippen molar-refractivity contribution in [2.45, 2.75) is 6.92 Å². The molecule has 0 spiro atoms. The van der Waals surface area contributed by atoms with Gasteiger partial charge in [0.05, 0.1) is 18.5 Å². The van der Waals surface area contributed by atoms with Gasteiger partial charge in [0.1, 0.15) is 0 Å². The Balaban J connectivity index is 3.83. The number of carbonyl (C=O) groups excluding carboxylic acids is 2. The summed E-state index contributed by atoms with van der Waals surface area (Å²) in [6, 6.07) is 1.18. The third kappa shape index (κ3) is 5.97. The van der Waals surface area contributed by atoms with Crippen LogP contribution < -0.4 is 11.1 Å². The Bertz CT molecular complexity index is 259. The Kier molecular flexibility index (Phi) is 5.26. The number of likely N-dealkylation sites (N-methyl/N-ethyl adjacent to an activating group) is 1. The van der Waals surface area contributed by atoms with Gasteiger partial charge in [0.25, 0.3) is 0 Å². The summed E-state index contributed by atoms with van der Waals surface area (Å²) in [5, 5.41) is 10.5. The fourth-order valence-electron chi connectivity index (χ4n) is 0.995. The molecule has 0 radical (unpaired) electrons. The molecule has 1 atom stereocenters. The lowest BCUT2D eigenvalue weighted by atomic mass is 10.2. The topological polar surface area (TPSA) is 99.2 Å². The van der Waals surface area contributed by atoms with E-state index < -0.39 is 11.9 Å². The van der Waals surface area contributed by atoms with Crippen LogP contribution in [0.25, 0.3) is 0 Å². The predicted octanol–water partition coefficient (Wildman–Crippen LogP) is -0.727. The van der Waals surface area contributed by atoms with Crippen LogP contribution in [0.4, 0.5) is 4.79 Å². The van der Waals surface area contributed by atoms with Crippen LogP contribution in [-0.2, 0) is 4.79 Å². The molecule has 0 heterocycles. The van der Waals surface area contributed by atoms with E-state index in [9.17, 15) is 9.59 Å². The lowest BCUT2D eigenvalue weighted by Gasteiger charge is -2.16. The SMILES string of the molecule is CC(C#N)CN(C)CC(=O)NC(N)=O. The molecule has 0 saturated carbocycles. The van der Waals surface area contributed by atoms with Crippen molar-refractivity contribution < 1.29 is 9.59 Å². The number of amides is 3. The van der Waals surface area contributed by atoms with E-state index in [1.165, 1.54) is 0 Å². The third-order valence-electron chi connectivity index (χ3n) is 1.48. The van der Waals surface area contributed by atoms with Crippen molar-refractivity contribution in [2.75, 3.05) is 20.1 Å². The molecular weight excluding hydrogens is 184 g/mol. The summed E-state index contributed by atoms with van der Waals surface area (Å²) >= 11 is 0. The van der Waals surface area contributed by atoms with E-state index in [1.807, 2.05) is 11.4 Å². The Morgan fingerprint density at radius 1 is 1.64 bits per heavy atom. The molecule has 1 unspecified atom stereocenters. The monoisotopic (exact) mass is 198 g/mol. The van der Waals surface area contributed by atoms with Gasteiger partial charge in [-0.15, -0.1) is 0 Å². The van der Waals surface area contributed by atoms with Crippen molar-refractivity contribution in [1.82, 2.24) is 10.2 Å². The summed E-state index contributed by atoms with van der Waals surface area (Å²) in [5.74, 6) is -0.619. The highest BCUT2D eigenvalue weighted by Gasteiger charge is 2.10. The quantitative estimate of drug-likeness (QED) is 0.622. The maximum Gasteiger partial charge on any atom is 0.318 e. The van der Waals surface area contributed by atoms with Gasteiger partial charge in [-0.1, -0.05) is 0 Å². The Morgan fingerprint density at radius 2 is 2.21 bits per heavy atom. The van der Waals surface area contributed by atoms with Crippen molar-refractivity contribution in [3.63, 3.8) is 0 Å². The number of nitrogens with zero attached hydrogens (tertiary/aromatic N) is 2. The zero-order valence-corrected chi connectivity index (χ0v) is 8.28. The van der Waals surface area contributed by atoms with Gasteiger partial charge in [-0.2, -0.15) is 5.26 Å². The summed E-state index contributed by atoms with van der Waals surface area (Å²) in [4.78, 5) is 22.9. The first kappa shape index (κ1) is 12.4. The predicted molar refractivity (Wildman–Crippen MR) is 50.0 cm³/mol. The number of imide groups is 1. The second kappa shape index (κ2) is 5.94. The molecular formula is C8H14N4O2. The van der Waals surface area contributed by atoms with Gasteiger partial charge in [-0.25, -0.2) is 4.79 Å². The standard InChI is InChI=1S/C8H14N4O2/c1-6(3-9)4-12(2)5-7(13)11-8(10)14/h6H,4-5H2,1-2H3,(H3,10,11,13,14). The molecule has 6 nitrogen and oxygen atoms in total. The molecule has 0 aliphatic heterocycles. The van der Waals surface area contributed by atoms with Crippen molar-refractivity contribution >= 4 is 11.9 Å². The molecule has 0 rings (SSSR count). The number of carbonyl (C=O) groups is 2. The lowest BCUT2D eigenvalue weighted by Crippen LogP contribution is -2.42. The van der Waals surface area contributed by atoms with E-state index in [2.05, 4.69) is 0 Å². The van der Waals surface area contributed by atoms with Gasteiger partial charge in [-0.05, 0) is 14.0 Å². The van der Waals surface area contributed by atoms with Gasteiger partial charge in [0.2, 0.25) is 5.91 Å². The van der Waals surface area contributed by atoms with Crippen molar-refractivity contribution in [1.29, 1.82) is 5.26 Å². The summed E-state index contributed by atoms with van der Waals surface area (Å²) < 4.78 is 0. The van der Waals surface area contributed by atoms with Crippen LogP contribution in [0.1, 0.15) is 6.92 Å². The molecule has 78 valence electrons. The second-order valence-electron chi connectivity index (χ2n) is 3.14. The Hall–Kier alpha value is -1.61. The molecule has 0 bridgehead atoms. The van der Waals surface area contributed by atoms with E-state index in [0.29, 0.717) is 6.54 Å². The molecule has 0 fully saturated rings. The van der Waals surface area contributed by atoms with Crippen LogP contribution in [0.2, 0.25) is 0 Å². The highest BCUT2D eigenvalue weighted by Crippen LogP contribution is 1.94. The molecule has 6 heteroatoms. The fraction of sp³-hybridized carbons (Fsp3) is 0.625. The molecule has 0 saturated heterocycles. The van der Waals surface area contributed by atoms with Crippen LogP contribution in [0, 0.1) is 17.2 Å². The summed E-state index contributed by atoms with van der Waals surface area (Å²) in [5.41, 5.74) is 4.75. The fourth-order valence-corrected chi connectivity index (χ4v) is 0.995. The van der Waals surface area contributed by atoms with Gasteiger partial charge in [-0.3, -0.25) is 15.0 Å². The Morgan fingerprint density at radius 3 is 2.64 bits per heavy atom. The number of hydrogen-bond acceptors (Lipinski definition) is 4. The van der Waals surface area contributed by atoms with Gasteiger partial charge in [0.15, 0.2) is 0 Å². The van der Waals surface area contributed by atoms with Crippen molar-refractivity contribution in [3.05, 3.63) is 0 Å². The van der Waals surface area contributed by atoms with Gasteiger partial charge in [0, 0.05) is 6.54 Å². The maximum absolute atomic E-state index is 11.0. The minimum absolute atomic E-state index is 0.0506. The zero-order valence-electron chi connectivity index (χ0n) is 8.28. The summed E-state index contributed by atoms with van der Waals surface area (Å²) in [6.45, 7) is 2.28. The smallest absolute Gasteiger partial charge is 0.318 e. The van der Waals surface area contributed by atoms with Gasteiger partial charge >= 0.3 is 6.03 Å². The van der Waals surface area contributed by atoms with E-state index >= 15 is 0 Å². The average molecular weight is 198 g/mol. The van der Waals surface area contributed by atoms with Crippen molar-refractivity contribution in [3.8, 4) is 6.07 Å². The number of rotatable bonds is 4. The molecule has 0 aliphatic rings. The number of nitriles is 1. The average Bonchev–Trinajstić information content (AvgIpc) is 2.01. The first-order valence-electron chi connectivity index (χ1n) is 4.13. The minimum Gasteiger partial charge on any atom is -0.351 e. The van der Waals surface area contributed by atoms with E-state index in [4.69, 9.17) is 11.0 Å². The molecule has 0 aliphatic carbocycles. The third-order valence-corrected chi connectivity index (χ3v) is 1.48. The normalized spacial score (nSPS) is 11.9. The number of hydrogen-bond donors (Lipinski definition) is 2. The van der Waals surface area contributed by atoms with Gasteiger partial charge < -0.3 is 5.73 Å². The largest absolute Gasteiger partial charge is 0.351 e. The molecule has 0 aromatic carbocycles. The Labute approximate surface area is 82.7 Å². The van der Waals surface area contributed by atoms with E-state index in [1.54, 1.807) is 18.9 Å². The summed E-state index contributed by atoms with van der Waals surface area (Å²) in [6.07, 6.45) is 0. The van der Waals surface area contributed by atoms with Crippen LogP contribution in [0.3, 0.4) is 0 Å². The highest BCUT2D eigenvalue weighted by atomic mass is 16.2. The molecule has 3 amide bonds. The number of nitrogens with one attached hydrogen (secondary N) is 1.